The molecule has 23 heavy (non-hydrogen) atoms. The summed E-state index contributed by atoms with van der Waals surface area (Å²) in [5, 5.41) is 4.99. The average Bonchev–Trinajstić information content (AvgIpc) is 2.57. The summed E-state index contributed by atoms with van der Waals surface area (Å²) < 4.78 is 0. The molecule has 0 saturated heterocycles. The molecule has 0 aromatic heterocycles. The lowest BCUT2D eigenvalue weighted by molar-refractivity contribution is 0.607. The van der Waals surface area contributed by atoms with Crippen LogP contribution in [0.5, 0.6) is 0 Å². The van der Waals surface area contributed by atoms with Gasteiger partial charge in [-0.25, -0.2) is 0 Å². The van der Waals surface area contributed by atoms with Crippen molar-refractivity contribution in [3.8, 4) is 0 Å². The minimum atomic E-state index is 0.866. The number of nitrogens with two attached hydrogens (primary N) is 1. The van der Waals surface area contributed by atoms with Crippen molar-refractivity contribution in [1.29, 1.82) is 0 Å². The number of aryl methyl sites for hydroxylation is 1. The van der Waals surface area contributed by atoms with Crippen molar-refractivity contribution in [1.82, 2.24) is 0 Å². The van der Waals surface area contributed by atoms with Gasteiger partial charge in [-0.1, -0.05) is 69.4 Å². The number of hydrogen-bond acceptors (Lipinski definition) is 1. The van der Waals surface area contributed by atoms with E-state index in [9.17, 15) is 0 Å². The van der Waals surface area contributed by atoms with Crippen LogP contribution >= 0.6 is 0 Å². The Labute approximate surface area is 139 Å². The van der Waals surface area contributed by atoms with Gasteiger partial charge in [-0.2, -0.15) is 0 Å². The van der Waals surface area contributed by atoms with E-state index in [4.69, 9.17) is 5.73 Å². The third kappa shape index (κ3) is 3.85. The monoisotopic (exact) mass is 305 g/mol. The van der Waals surface area contributed by atoms with Gasteiger partial charge in [0.05, 0.1) is 0 Å². The summed E-state index contributed by atoms with van der Waals surface area (Å²) in [5.41, 5.74) is 8.44. The lowest BCUT2D eigenvalue weighted by Crippen LogP contribution is -1.89. The average molecular weight is 305 g/mol. The summed E-state index contributed by atoms with van der Waals surface area (Å²) in [6, 6.07) is 17.5. The van der Waals surface area contributed by atoms with Crippen LogP contribution in [0.4, 0.5) is 5.69 Å². The van der Waals surface area contributed by atoms with Crippen molar-refractivity contribution in [3.05, 3.63) is 54.1 Å². The Morgan fingerprint density at radius 1 is 0.739 bits per heavy atom. The lowest BCUT2D eigenvalue weighted by Gasteiger charge is -2.07. The first-order valence-electron chi connectivity index (χ1n) is 8.99. The Hall–Kier alpha value is -2.02. The highest BCUT2D eigenvalue weighted by Crippen LogP contribution is 2.27. The van der Waals surface area contributed by atoms with Crippen LogP contribution in [0.2, 0.25) is 0 Å². The van der Waals surface area contributed by atoms with E-state index in [2.05, 4.69) is 43.3 Å². The first-order valence-corrected chi connectivity index (χ1v) is 8.99. The Morgan fingerprint density at radius 3 is 2.43 bits per heavy atom. The van der Waals surface area contributed by atoms with Gasteiger partial charge in [-0.15, -0.1) is 0 Å². The number of rotatable bonds is 7. The van der Waals surface area contributed by atoms with Crippen LogP contribution in [0.25, 0.3) is 21.5 Å². The van der Waals surface area contributed by atoms with Gasteiger partial charge < -0.3 is 5.73 Å². The van der Waals surface area contributed by atoms with E-state index in [1.807, 2.05) is 12.1 Å². The molecular weight excluding hydrogens is 278 g/mol. The highest BCUT2D eigenvalue weighted by atomic mass is 14.5. The highest BCUT2D eigenvalue weighted by molar-refractivity contribution is 6.03. The number of nitrogen functional groups attached to an aromatic ring is 1. The van der Waals surface area contributed by atoms with Crippen LogP contribution in [0.1, 0.15) is 51.0 Å². The number of hydrogen-bond donors (Lipinski definition) is 1. The SMILES string of the molecule is CCCCCCCCc1ccc2cc3cccc(N)c3cc2c1. The number of anilines is 1. The Kier molecular flexibility index (Phi) is 5.17. The minimum absolute atomic E-state index is 0.866. The van der Waals surface area contributed by atoms with E-state index < -0.39 is 0 Å². The normalized spacial score (nSPS) is 11.3. The molecule has 2 N–H and O–H groups in total. The van der Waals surface area contributed by atoms with Crippen LogP contribution in [0.3, 0.4) is 0 Å². The molecule has 0 aliphatic carbocycles. The summed E-state index contributed by atoms with van der Waals surface area (Å²) in [6.07, 6.45) is 9.30. The number of unbranched alkanes of at least 4 members (excludes halogenated alkanes) is 5. The predicted octanol–water partition coefficient (Wildman–Crippen LogP) is 6.48. The molecule has 0 unspecified atom stereocenters. The first-order chi connectivity index (χ1) is 11.3. The number of benzene rings is 3. The molecule has 0 aliphatic heterocycles. The van der Waals surface area contributed by atoms with Gasteiger partial charge in [0.15, 0.2) is 0 Å². The van der Waals surface area contributed by atoms with Gasteiger partial charge in [-0.05, 0) is 52.8 Å². The topological polar surface area (TPSA) is 26.0 Å². The maximum atomic E-state index is 6.12. The first kappa shape index (κ1) is 15.9. The Balaban J connectivity index is 1.73. The predicted molar refractivity (Wildman–Crippen MR) is 103 cm³/mol. The minimum Gasteiger partial charge on any atom is -0.398 e. The maximum absolute atomic E-state index is 6.12. The number of fused-ring (bicyclic) bond motifs is 2. The standard InChI is InChI=1S/C22H27N/c1-2-3-4-5-6-7-9-17-12-13-18-15-19-10-8-11-22(23)21(19)16-20(18)14-17/h8,10-16H,2-7,9,23H2,1H3. The smallest absolute Gasteiger partial charge is 0.0393 e. The molecule has 3 aromatic rings. The van der Waals surface area contributed by atoms with Crippen LogP contribution in [0, 0.1) is 0 Å². The largest absolute Gasteiger partial charge is 0.398 e. The zero-order chi connectivity index (χ0) is 16.1. The molecule has 1 heteroatoms. The van der Waals surface area contributed by atoms with E-state index >= 15 is 0 Å². The summed E-state index contributed by atoms with van der Waals surface area (Å²) >= 11 is 0. The second-order valence-electron chi connectivity index (χ2n) is 6.62. The fourth-order valence-electron chi connectivity index (χ4n) is 3.36. The van der Waals surface area contributed by atoms with Crippen molar-refractivity contribution in [2.24, 2.45) is 0 Å². The molecule has 0 bridgehead atoms. The molecule has 0 atom stereocenters. The Morgan fingerprint density at radius 2 is 1.57 bits per heavy atom. The van der Waals surface area contributed by atoms with E-state index in [0.29, 0.717) is 0 Å². The van der Waals surface area contributed by atoms with Crippen molar-refractivity contribution in [3.63, 3.8) is 0 Å². The second kappa shape index (κ2) is 7.50. The van der Waals surface area contributed by atoms with Gasteiger partial charge in [0.2, 0.25) is 0 Å². The summed E-state index contributed by atoms with van der Waals surface area (Å²) in [5.74, 6) is 0. The van der Waals surface area contributed by atoms with Crippen LogP contribution < -0.4 is 5.73 Å². The van der Waals surface area contributed by atoms with Crippen LogP contribution in [-0.2, 0) is 6.42 Å². The van der Waals surface area contributed by atoms with Crippen LogP contribution in [0.15, 0.2) is 48.5 Å². The van der Waals surface area contributed by atoms with Gasteiger partial charge in [0.1, 0.15) is 0 Å². The van der Waals surface area contributed by atoms with Crippen molar-refractivity contribution < 1.29 is 0 Å². The molecule has 0 amide bonds. The fourth-order valence-corrected chi connectivity index (χ4v) is 3.36. The van der Waals surface area contributed by atoms with Crippen molar-refractivity contribution >= 4 is 27.2 Å². The molecule has 0 fully saturated rings. The van der Waals surface area contributed by atoms with E-state index in [0.717, 1.165) is 11.1 Å². The zero-order valence-corrected chi connectivity index (χ0v) is 14.1. The third-order valence-corrected chi connectivity index (χ3v) is 4.75. The van der Waals surface area contributed by atoms with Gasteiger partial charge in [-0.3, -0.25) is 0 Å². The molecule has 0 heterocycles. The van der Waals surface area contributed by atoms with E-state index in [-0.39, 0.29) is 0 Å². The van der Waals surface area contributed by atoms with Gasteiger partial charge in [0.25, 0.3) is 0 Å². The fraction of sp³-hybridized carbons (Fsp3) is 0.364. The second-order valence-corrected chi connectivity index (χ2v) is 6.62. The maximum Gasteiger partial charge on any atom is 0.0393 e. The summed E-state index contributed by atoms with van der Waals surface area (Å²) in [6.45, 7) is 2.27. The van der Waals surface area contributed by atoms with Gasteiger partial charge in [0, 0.05) is 11.1 Å². The lowest BCUT2D eigenvalue weighted by atomic mass is 9.98. The van der Waals surface area contributed by atoms with E-state index in [1.165, 1.54) is 66.7 Å². The molecule has 0 spiro atoms. The van der Waals surface area contributed by atoms with Gasteiger partial charge >= 0.3 is 0 Å². The molecule has 120 valence electrons. The molecule has 0 radical (unpaired) electrons. The molecular formula is C22H27N. The Bertz CT molecular complexity index is 788. The molecule has 0 aliphatic rings. The van der Waals surface area contributed by atoms with Crippen LogP contribution in [-0.4, -0.2) is 0 Å². The molecule has 0 saturated carbocycles. The zero-order valence-electron chi connectivity index (χ0n) is 14.1. The molecule has 3 aromatic carbocycles. The summed E-state index contributed by atoms with van der Waals surface area (Å²) in [7, 11) is 0. The summed E-state index contributed by atoms with van der Waals surface area (Å²) in [4.78, 5) is 0. The molecule has 3 rings (SSSR count). The molecule has 1 nitrogen and oxygen atoms in total. The van der Waals surface area contributed by atoms with E-state index in [1.54, 1.807) is 0 Å². The highest BCUT2D eigenvalue weighted by Gasteiger charge is 2.02. The third-order valence-electron chi connectivity index (χ3n) is 4.75. The quantitative estimate of drug-likeness (QED) is 0.302. The van der Waals surface area contributed by atoms with Crippen molar-refractivity contribution in [2.45, 2.75) is 51.9 Å². The van der Waals surface area contributed by atoms with Crippen molar-refractivity contribution in [2.75, 3.05) is 5.73 Å².